The number of nitrogens with one attached hydrogen (secondary N) is 2. The number of aliphatic imine (C=N–C) groups is 1. The van der Waals surface area contributed by atoms with E-state index < -0.39 is 0 Å². The van der Waals surface area contributed by atoms with Gasteiger partial charge in [-0.2, -0.15) is 11.3 Å². The molecular weight excluding hydrogens is 409 g/mol. The molecule has 2 heterocycles. The Morgan fingerprint density at radius 3 is 2.55 bits per heavy atom. The van der Waals surface area contributed by atoms with Gasteiger partial charge in [-0.05, 0) is 28.9 Å². The van der Waals surface area contributed by atoms with Gasteiger partial charge < -0.3 is 15.5 Å². The highest BCUT2D eigenvalue weighted by atomic mass is 127. The molecule has 0 atom stereocenters. The van der Waals surface area contributed by atoms with Crippen LogP contribution in [0.15, 0.2) is 21.8 Å². The summed E-state index contributed by atoms with van der Waals surface area (Å²) < 4.78 is 0. The molecule has 0 aliphatic carbocycles. The van der Waals surface area contributed by atoms with Crippen LogP contribution in [0, 0.1) is 0 Å². The molecular formula is C15H28IN5S. The number of nitrogens with zero attached hydrogens (tertiary/aromatic N) is 3. The summed E-state index contributed by atoms with van der Waals surface area (Å²) >= 11 is 1.73. The number of hydrogen-bond acceptors (Lipinski definition) is 4. The van der Waals surface area contributed by atoms with Gasteiger partial charge in [0.15, 0.2) is 5.96 Å². The summed E-state index contributed by atoms with van der Waals surface area (Å²) in [6.45, 7) is 11.0. The fourth-order valence-electron chi connectivity index (χ4n) is 2.46. The Hall–Kier alpha value is -0.380. The first-order chi connectivity index (χ1) is 10.3. The van der Waals surface area contributed by atoms with Gasteiger partial charge in [0.25, 0.3) is 0 Å². The molecule has 0 saturated carbocycles. The highest BCUT2D eigenvalue weighted by Crippen LogP contribution is 2.04. The maximum absolute atomic E-state index is 4.27. The second-order valence-electron chi connectivity index (χ2n) is 5.26. The minimum absolute atomic E-state index is 0. The lowest BCUT2D eigenvalue weighted by molar-refractivity contribution is 0.139. The Morgan fingerprint density at radius 2 is 1.95 bits per heavy atom. The molecule has 1 aromatic heterocycles. The zero-order valence-electron chi connectivity index (χ0n) is 13.5. The largest absolute Gasteiger partial charge is 0.355 e. The van der Waals surface area contributed by atoms with Gasteiger partial charge in [0, 0.05) is 52.9 Å². The molecule has 7 heteroatoms. The first-order valence-corrected chi connectivity index (χ1v) is 8.66. The SMILES string of the molecule is CCN1CCN(CCNC(=NC)NCc2ccsc2)CC1.I. The quantitative estimate of drug-likeness (QED) is 0.404. The average molecular weight is 437 g/mol. The van der Waals surface area contributed by atoms with Gasteiger partial charge in [-0.15, -0.1) is 24.0 Å². The monoisotopic (exact) mass is 437 g/mol. The van der Waals surface area contributed by atoms with E-state index in [1.54, 1.807) is 11.3 Å². The lowest BCUT2D eigenvalue weighted by atomic mass is 10.3. The van der Waals surface area contributed by atoms with Crippen molar-refractivity contribution in [2.24, 2.45) is 4.99 Å². The molecule has 0 radical (unpaired) electrons. The molecule has 0 bridgehead atoms. The summed E-state index contributed by atoms with van der Waals surface area (Å²) in [5.74, 6) is 0.883. The number of likely N-dealkylation sites (N-methyl/N-ethyl adjacent to an activating group) is 1. The highest BCUT2D eigenvalue weighted by molar-refractivity contribution is 14.0. The van der Waals surface area contributed by atoms with E-state index in [1.165, 1.54) is 38.3 Å². The first-order valence-electron chi connectivity index (χ1n) is 7.72. The topological polar surface area (TPSA) is 42.9 Å². The minimum Gasteiger partial charge on any atom is -0.355 e. The van der Waals surface area contributed by atoms with Gasteiger partial charge in [0.1, 0.15) is 0 Å². The van der Waals surface area contributed by atoms with Gasteiger partial charge in [-0.3, -0.25) is 9.89 Å². The molecule has 1 aliphatic rings. The van der Waals surface area contributed by atoms with Crippen molar-refractivity contribution in [3.05, 3.63) is 22.4 Å². The fraction of sp³-hybridized carbons (Fsp3) is 0.667. The molecule has 1 aromatic rings. The second-order valence-corrected chi connectivity index (χ2v) is 6.04. The van der Waals surface area contributed by atoms with Gasteiger partial charge in [-0.1, -0.05) is 6.92 Å². The van der Waals surface area contributed by atoms with E-state index in [9.17, 15) is 0 Å². The fourth-order valence-corrected chi connectivity index (χ4v) is 3.13. The van der Waals surface area contributed by atoms with Gasteiger partial charge in [0.05, 0.1) is 0 Å². The van der Waals surface area contributed by atoms with Gasteiger partial charge in [-0.25, -0.2) is 0 Å². The number of guanidine groups is 1. The zero-order valence-corrected chi connectivity index (χ0v) is 16.7. The Kier molecular flexibility index (Phi) is 10.0. The molecule has 2 N–H and O–H groups in total. The predicted molar refractivity (Wildman–Crippen MR) is 106 cm³/mol. The third-order valence-electron chi connectivity index (χ3n) is 3.90. The first kappa shape index (κ1) is 19.7. The van der Waals surface area contributed by atoms with Crippen molar-refractivity contribution in [1.29, 1.82) is 0 Å². The molecule has 1 fully saturated rings. The van der Waals surface area contributed by atoms with Crippen molar-refractivity contribution in [3.63, 3.8) is 0 Å². The molecule has 0 amide bonds. The summed E-state index contributed by atoms with van der Waals surface area (Å²) in [6, 6.07) is 2.14. The van der Waals surface area contributed by atoms with Crippen LogP contribution >= 0.6 is 35.3 Å². The molecule has 22 heavy (non-hydrogen) atoms. The number of hydrogen-bond donors (Lipinski definition) is 2. The number of thiophene rings is 1. The van der Waals surface area contributed by atoms with Crippen molar-refractivity contribution in [3.8, 4) is 0 Å². The summed E-state index contributed by atoms with van der Waals surface area (Å²) in [6.07, 6.45) is 0. The summed E-state index contributed by atoms with van der Waals surface area (Å²) in [5.41, 5.74) is 1.30. The summed E-state index contributed by atoms with van der Waals surface area (Å²) in [4.78, 5) is 9.29. The van der Waals surface area contributed by atoms with E-state index in [-0.39, 0.29) is 24.0 Å². The van der Waals surface area contributed by atoms with E-state index >= 15 is 0 Å². The van der Waals surface area contributed by atoms with Gasteiger partial charge in [0.2, 0.25) is 0 Å². The third-order valence-corrected chi connectivity index (χ3v) is 4.63. The summed E-state index contributed by atoms with van der Waals surface area (Å²) in [5, 5.41) is 11.0. The number of halogens is 1. The highest BCUT2D eigenvalue weighted by Gasteiger charge is 2.14. The molecule has 0 aromatic carbocycles. The Balaban J connectivity index is 0.00000242. The van der Waals surface area contributed by atoms with E-state index in [0.717, 1.165) is 25.6 Å². The molecule has 0 unspecified atom stereocenters. The van der Waals surface area contributed by atoms with Crippen LogP contribution in [0.1, 0.15) is 12.5 Å². The van der Waals surface area contributed by atoms with E-state index in [2.05, 4.69) is 49.2 Å². The Morgan fingerprint density at radius 1 is 1.23 bits per heavy atom. The van der Waals surface area contributed by atoms with Crippen LogP contribution in [0.3, 0.4) is 0 Å². The van der Waals surface area contributed by atoms with Crippen LogP contribution < -0.4 is 10.6 Å². The molecule has 5 nitrogen and oxygen atoms in total. The maximum Gasteiger partial charge on any atom is 0.191 e. The number of piperazine rings is 1. The molecule has 1 saturated heterocycles. The standard InChI is InChI=1S/C15H27N5S.HI/c1-3-19-7-9-20(10-8-19)6-5-17-15(16-2)18-12-14-4-11-21-13-14;/h4,11,13H,3,5-10,12H2,1-2H3,(H2,16,17,18);1H. The van der Waals surface area contributed by atoms with Crippen molar-refractivity contribution in [2.75, 3.05) is 52.9 Å². The van der Waals surface area contributed by atoms with E-state index in [0.29, 0.717) is 0 Å². The lowest BCUT2D eigenvalue weighted by Crippen LogP contribution is -2.49. The van der Waals surface area contributed by atoms with Crippen molar-refractivity contribution < 1.29 is 0 Å². The van der Waals surface area contributed by atoms with Crippen molar-refractivity contribution in [2.45, 2.75) is 13.5 Å². The molecule has 2 rings (SSSR count). The third kappa shape index (κ3) is 6.80. The normalized spacial score (nSPS) is 17.1. The molecule has 0 spiro atoms. The van der Waals surface area contributed by atoms with Crippen LogP contribution in [-0.2, 0) is 6.54 Å². The smallest absolute Gasteiger partial charge is 0.191 e. The summed E-state index contributed by atoms with van der Waals surface area (Å²) in [7, 11) is 1.82. The maximum atomic E-state index is 4.27. The second kappa shape index (κ2) is 11.2. The van der Waals surface area contributed by atoms with Gasteiger partial charge >= 0.3 is 0 Å². The Bertz CT molecular complexity index is 416. The van der Waals surface area contributed by atoms with Crippen molar-refractivity contribution in [1.82, 2.24) is 20.4 Å². The zero-order chi connectivity index (χ0) is 14.9. The van der Waals surface area contributed by atoms with E-state index in [1.807, 2.05) is 7.05 Å². The van der Waals surface area contributed by atoms with Crippen molar-refractivity contribution >= 4 is 41.3 Å². The van der Waals surface area contributed by atoms with Crippen LogP contribution in [-0.4, -0.2) is 68.6 Å². The van der Waals surface area contributed by atoms with Crippen LogP contribution in [0.5, 0.6) is 0 Å². The minimum atomic E-state index is 0. The lowest BCUT2D eigenvalue weighted by Gasteiger charge is -2.34. The van der Waals surface area contributed by atoms with Crippen LogP contribution in [0.4, 0.5) is 0 Å². The van der Waals surface area contributed by atoms with E-state index in [4.69, 9.17) is 0 Å². The van der Waals surface area contributed by atoms with Crippen LogP contribution in [0.2, 0.25) is 0 Å². The Labute approximate surface area is 155 Å². The number of rotatable bonds is 6. The average Bonchev–Trinajstić information content (AvgIpc) is 3.04. The van der Waals surface area contributed by atoms with Crippen LogP contribution in [0.25, 0.3) is 0 Å². The molecule has 126 valence electrons. The predicted octanol–water partition coefficient (Wildman–Crippen LogP) is 1.67. The molecule has 1 aliphatic heterocycles.